The lowest BCUT2D eigenvalue weighted by atomic mass is 10.1. The molecule has 0 aliphatic heterocycles. The van der Waals surface area contributed by atoms with Gasteiger partial charge in [-0.3, -0.25) is 20.1 Å². The van der Waals surface area contributed by atoms with E-state index in [1.165, 1.54) is 28.2 Å². The molecule has 11 heteroatoms. The lowest BCUT2D eigenvalue weighted by Gasteiger charge is -2.01. The average Bonchev–Trinajstić information content (AvgIpc) is 3.39. The smallest absolute Gasteiger partial charge is 0.282 e. The van der Waals surface area contributed by atoms with Gasteiger partial charge in [0, 0.05) is 29.6 Å². The number of rotatable bonds is 6. The molecular weight excluding hydrogens is 408 g/mol. The molecule has 0 spiro atoms. The molecule has 0 aliphatic rings. The SMILES string of the molecule is C/C(=N\Nc1nc(-c2c(=O)o[nH][n+]2-c2ccccc2)cs1)c1ccc([N+](=O)[O-])cc1. The van der Waals surface area contributed by atoms with Crippen LogP contribution in [0.4, 0.5) is 10.8 Å². The van der Waals surface area contributed by atoms with E-state index in [2.05, 4.69) is 20.8 Å². The van der Waals surface area contributed by atoms with Crippen molar-refractivity contribution in [2.75, 3.05) is 5.43 Å². The van der Waals surface area contributed by atoms with Gasteiger partial charge in [0.1, 0.15) is 0 Å². The summed E-state index contributed by atoms with van der Waals surface area (Å²) in [5.74, 6) is 0. The van der Waals surface area contributed by atoms with Crippen molar-refractivity contribution >= 4 is 27.9 Å². The number of nitro groups is 1. The monoisotopic (exact) mass is 423 g/mol. The van der Waals surface area contributed by atoms with Crippen LogP contribution >= 0.6 is 11.3 Å². The molecule has 2 heterocycles. The molecule has 0 unspecified atom stereocenters. The Kier molecular flexibility index (Phi) is 5.18. The van der Waals surface area contributed by atoms with Gasteiger partial charge in [-0.25, -0.2) is 9.78 Å². The second-order valence-corrected chi connectivity index (χ2v) is 7.01. The molecule has 0 bridgehead atoms. The first-order valence-corrected chi connectivity index (χ1v) is 9.61. The third kappa shape index (κ3) is 3.86. The number of anilines is 1. The molecule has 4 aromatic rings. The number of para-hydroxylation sites is 1. The van der Waals surface area contributed by atoms with Crippen LogP contribution in [0.1, 0.15) is 12.5 Å². The van der Waals surface area contributed by atoms with Gasteiger partial charge in [-0.2, -0.15) is 5.10 Å². The number of thiazole rings is 1. The maximum atomic E-state index is 12.2. The van der Waals surface area contributed by atoms with Crippen molar-refractivity contribution < 1.29 is 14.1 Å². The highest BCUT2D eigenvalue weighted by atomic mass is 32.1. The lowest BCUT2D eigenvalue weighted by molar-refractivity contribution is -0.660. The summed E-state index contributed by atoms with van der Waals surface area (Å²) in [7, 11) is 0. The minimum Gasteiger partial charge on any atom is -0.282 e. The largest absolute Gasteiger partial charge is 0.437 e. The maximum Gasteiger partial charge on any atom is 0.437 e. The topological polar surface area (TPSA) is 130 Å². The first kappa shape index (κ1) is 19.2. The van der Waals surface area contributed by atoms with E-state index in [0.717, 1.165) is 11.3 Å². The molecule has 0 saturated carbocycles. The number of benzene rings is 2. The molecule has 150 valence electrons. The van der Waals surface area contributed by atoms with Gasteiger partial charge >= 0.3 is 11.3 Å². The molecule has 10 nitrogen and oxygen atoms in total. The summed E-state index contributed by atoms with van der Waals surface area (Å²) in [6, 6.07) is 15.3. The Bertz CT molecular complexity index is 1270. The summed E-state index contributed by atoms with van der Waals surface area (Å²) in [4.78, 5) is 26.9. The minimum absolute atomic E-state index is 0.0149. The van der Waals surface area contributed by atoms with E-state index in [1.807, 2.05) is 30.3 Å². The first-order valence-electron chi connectivity index (χ1n) is 8.73. The van der Waals surface area contributed by atoms with Crippen molar-refractivity contribution in [1.82, 2.24) is 10.3 Å². The molecule has 0 aliphatic carbocycles. The first-order chi connectivity index (χ1) is 14.5. The van der Waals surface area contributed by atoms with Crippen molar-refractivity contribution in [3.63, 3.8) is 0 Å². The summed E-state index contributed by atoms with van der Waals surface area (Å²) in [6.45, 7) is 1.77. The van der Waals surface area contributed by atoms with E-state index in [1.54, 1.807) is 24.4 Å². The number of aromatic amines is 1. The van der Waals surface area contributed by atoms with E-state index in [0.29, 0.717) is 16.5 Å². The van der Waals surface area contributed by atoms with Gasteiger partial charge in [0.25, 0.3) is 5.69 Å². The van der Waals surface area contributed by atoms with Crippen LogP contribution in [0.2, 0.25) is 0 Å². The number of non-ortho nitro benzene ring substituents is 1. The van der Waals surface area contributed by atoms with Crippen LogP contribution in [0.25, 0.3) is 17.1 Å². The Morgan fingerprint density at radius 2 is 1.97 bits per heavy atom. The van der Waals surface area contributed by atoms with E-state index in [4.69, 9.17) is 4.52 Å². The molecule has 0 fully saturated rings. The Balaban J connectivity index is 1.56. The molecule has 0 radical (unpaired) electrons. The summed E-state index contributed by atoms with van der Waals surface area (Å²) >= 11 is 1.28. The number of hydrazone groups is 1. The Morgan fingerprint density at radius 3 is 2.67 bits per heavy atom. The summed E-state index contributed by atoms with van der Waals surface area (Å²) in [5.41, 5.74) is 5.12. The second kappa shape index (κ2) is 8.09. The van der Waals surface area contributed by atoms with Crippen molar-refractivity contribution in [3.8, 4) is 17.1 Å². The molecule has 0 saturated heterocycles. The zero-order valence-electron chi connectivity index (χ0n) is 15.6. The maximum absolute atomic E-state index is 12.2. The van der Waals surface area contributed by atoms with Crippen LogP contribution in [-0.4, -0.2) is 20.9 Å². The van der Waals surface area contributed by atoms with Gasteiger partial charge in [-0.15, -0.1) is 11.3 Å². The zero-order valence-corrected chi connectivity index (χ0v) is 16.4. The molecular formula is C19H15N6O4S+. The van der Waals surface area contributed by atoms with Crippen LogP contribution in [-0.2, 0) is 0 Å². The molecule has 2 N–H and O–H groups in total. The molecule has 30 heavy (non-hydrogen) atoms. The number of aromatic nitrogens is 3. The fourth-order valence-corrected chi connectivity index (χ4v) is 3.34. The van der Waals surface area contributed by atoms with E-state index >= 15 is 0 Å². The van der Waals surface area contributed by atoms with Crippen molar-refractivity contribution in [3.05, 3.63) is 86.1 Å². The van der Waals surface area contributed by atoms with Gasteiger partial charge in [0.2, 0.25) is 10.8 Å². The molecule has 0 amide bonds. The van der Waals surface area contributed by atoms with Crippen LogP contribution in [0.5, 0.6) is 0 Å². The van der Waals surface area contributed by atoms with Crippen molar-refractivity contribution in [2.24, 2.45) is 5.10 Å². The van der Waals surface area contributed by atoms with Crippen molar-refractivity contribution in [1.29, 1.82) is 0 Å². The molecule has 0 atom stereocenters. The summed E-state index contributed by atoms with van der Waals surface area (Å²) in [6.07, 6.45) is 0. The van der Waals surface area contributed by atoms with Gasteiger partial charge in [0.05, 0.1) is 10.6 Å². The Hall–Kier alpha value is -4.12. The standard InChI is InChI=1S/C19H14N6O4S/c1-12(13-7-9-15(10-8-13)25(27)28)21-22-19-20-16(11-30-19)17-18(26)29-23-24(17)14-5-3-2-4-6-14/h2-11H,1H3,(H-,20,22,23,26)/p+1/b21-12+. The molecule has 4 rings (SSSR count). The van der Waals surface area contributed by atoms with Crippen LogP contribution in [0.3, 0.4) is 0 Å². The highest BCUT2D eigenvalue weighted by Crippen LogP contribution is 2.22. The highest BCUT2D eigenvalue weighted by molar-refractivity contribution is 7.14. The summed E-state index contributed by atoms with van der Waals surface area (Å²) in [5, 5.41) is 19.8. The van der Waals surface area contributed by atoms with Gasteiger partial charge in [-0.1, -0.05) is 18.2 Å². The van der Waals surface area contributed by atoms with Crippen LogP contribution in [0.15, 0.2) is 74.4 Å². The highest BCUT2D eigenvalue weighted by Gasteiger charge is 2.27. The van der Waals surface area contributed by atoms with Crippen LogP contribution in [0, 0.1) is 10.1 Å². The summed E-state index contributed by atoms with van der Waals surface area (Å²) < 4.78 is 6.47. The van der Waals surface area contributed by atoms with E-state index in [-0.39, 0.29) is 11.4 Å². The number of nitro benzene ring substituents is 1. The number of H-pyrrole nitrogens is 1. The lowest BCUT2D eigenvalue weighted by Crippen LogP contribution is -2.36. The number of nitrogens with one attached hydrogen (secondary N) is 2. The van der Waals surface area contributed by atoms with Crippen LogP contribution < -0.4 is 15.7 Å². The molecule has 2 aromatic carbocycles. The molecule has 2 aromatic heterocycles. The quantitative estimate of drug-likeness (QED) is 0.212. The number of nitrogens with zero attached hydrogens (tertiary/aromatic N) is 4. The third-order valence-corrected chi connectivity index (χ3v) is 4.97. The Morgan fingerprint density at radius 1 is 1.23 bits per heavy atom. The van der Waals surface area contributed by atoms with Gasteiger partial charge < -0.3 is 0 Å². The second-order valence-electron chi connectivity index (χ2n) is 6.15. The zero-order chi connectivity index (χ0) is 21.1. The van der Waals surface area contributed by atoms with E-state index in [9.17, 15) is 14.9 Å². The average molecular weight is 423 g/mol. The predicted octanol–water partition coefficient (Wildman–Crippen LogP) is 3.11. The third-order valence-electron chi connectivity index (χ3n) is 4.22. The van der Waals surface area contributed by atoms with Gasteiger partial charge in [0.15, 0.2) is 5.69 Å². The fraction of sp³-hybridized carbons (Fsp3) is 0.0526. The normalized spacial score (nSPS) is 11.4. The number of hydrogen-bond acceptors (Lipinski definition) is 8. The Labute approximate surface area is 173 Å². The van der Waals surface area contributed by atoms with Crippen molar-refractivity contribution in [2.45, 2.75) is 6.92 Å². The minimum atomic E-state index is -0.540. The predicted molar refractivity (Wildman–Crippen MR) is 111 cm³/mol. The van der Waals surface area contributed by atoms with Gasteiger partial charge in [-0.05, 0) is 34.6 Å². The fourth-order valence-electron chi connectivity index (χ4n) is 2.70. The number of hydrogen-bond donors (Lipinski definition) is 2. The van der Waals surface area contributed by atoms with E-state index < -0.39 is 10.5 Å².